The predicted octanol–water partition coefficient (Wildman–Crippen LogP) is 3.72. The van der Waals surface area contributed by atoms with Crippen molar-refractivity contribution in [2.24, 2.45) is 7.05 Å². The van der Waals surface area contributed by atoms with Gasteiger partial charge >= 0.3 is 0 Å². The molecule has 1 unspecified atom stereocenters. The van der Waals surface area contributed by atoms with Gasteiger partial charge in [-0.2, -0.15) is 5.10 Å². The molecule has 4 nitrogen and oxygen atoms in total. The lowest BCUT2D eigenvalue weighted by atomic mass is 10.1. The van der Waals surface area contributed by atoms with E-state index in [1.54, 1.807) is 23.9 Å². The van der Waals surface area contributed by atoms with Gasteiger partial charge in [0.15, 0.2) is 0 Å². The Morgan fingerprint density at radius 2 is 2.19 bits per heavy atom. The van der Waals surface area contributed by atoms with Crippen molar-refractivity contribution >= 4 is 0 Å². The van der Waals surface area contributed by atoms with E-state index >= 15 is 0 Å². The van der Waals surface area contributed by atoms with Crippen LogP contribution in [0.3, 0.4) is 0 Å². The van der Waals surface area contributed by atoms with E-state index in [0.717, 1.165) is 18.7 Å². The van der Waals surface area contributed by atoms with Crippen LogP contribution in [0.25, 0.3) is 0 Å². The molecule has 0 saturated carbocycles. The Hall–Kier alpha value is -1.88. The van der Waals surface area contributed by atoms with E-state index in [4.69, 9.17) is 4.74 Å². The molecule has 1 atom stereocenters. The van der Waals surface area contributed by atoms with Crippen LogP contribution in [-0.2, 0) is 7.05 Å². The summed E-state index contributed by atoms with van der Waals surface area (Å²) in [6, 6.07) is 6.62. The molecule has 0 aliphatic carbocycles. The number of aryl methyl sites for hydroxylation is 2. The van der Waals surface area contributed by atoms with Crippen molar-refractivity contribution in [3.8, 4) is 11.6 Å². The largest absolute Gasteiger partial charge is 0.439 e. The van der Waals surface area contributed by atoms with Gasteiger partial charge in [0.2, 0.25) is 5.88 Å². The average Bonchev–Trinajstić information content (AvgIpc) is 2.74. The second kappa shape index (κ2) is 6.72. The molecule has 0 radical (unpaired) electrons. The molecule has 0 bridgehead atoms. The maximum Gasteiger partial charge on any atom is 0.217 e. The van der Waals surface area contributed by atoms with Crippen LogP contribution in [0.15, 0.2) is 24.3 Å². The molecule has 0 amide bonds. The van der Waals surface area contributed by atoms with Crippen LogP contribution in [0.1, 0.15) is 37.6 Å². The van der Waals surface area contributed by atoms with Gasteiger partial charge in [0, 0.05) is 24.7 Å². The monoisotopic (exact) mass is 291 g/mol. The lowest BCUT2D eigenvalue weighted by Crippen LogP contribution is -2.21. The maximum atomic E-state index is 14.2. The molecule has 0 spiro atoms. The van der Waals surface area contributed by atoms with Crippen molar-refractivity contribution in [1.29, 1.82) is 0 Å². The third kappa shape index (κ3) is 3.61. The van der Waals surface area contributed by atoms with Gasteiger partial charge in [-0.25, -0.2) is 9.07 Å². The van der Waals surface area contributed by atoms with Crippen molar-refractivity contribution in [3.63, 3.8) is 0 Å². The summed E-state index contributed by atoms with van der Waals surface area (Å²) in [5, 5.41) is 7.53. The molecule has 114 valence electrons. The fourth-order valence-corrected chi connectivity index (χ4v) is 2.28. The van der Waals surface area contributed by atoms with E-state index in [1.165, 1.54) is 6.07 Å². The molecule has 2 aromatic rings. The van der Waals surface area contributed by atoms with Gasteiger partial charge in [0.05, 0.1) is 5.69 Å². The van der Waals surface area contributed by atoms with Crippen molar-refractivity contribution in [1.82, 2.24) is 15.1 Å². The Labute approximate surface area is 124 Å². The van der Waals surface area contributed by atoms with E-state index in [9.17, 15) is 4.39 Å². The second-order valence-electron chi connectivity index (χ2n) is 5.18. The first-order chi connectivity index (χ1) is 10.0. The number of aromatic nitrogens is 2. The molecule has 1 heterocycles. The summed E-state index contributed by atoms with van der Waals surface area (Å²) >= 11 is 0. The zero-order valence-corrected chi connectivity index (χ0v) is 13.0. The molecule has 2 rings (SSSR count). The van der Waals surface area contributed by atoms with Crippen molar-refractivity contribution in [2.75, 3.05) is 6.54 Å². The first kappa shape index (κ1) is 15.5. The first-order valence-corrected chi connectivity index (χ1v) is 7.23. The van der Waals surface area contributed by atoms with Crippen LogP contribution in [0.5, 0.6) is 11.6 Å². The molecule has 1 N–H and O–H groups in total. The van der Waals surface area contributed by atoms with E-state index < -0.39 is 0 Å². The number of rotatable bonds is 6. The number of nitrogens with zero attached hydrogens (tertiary/aromatic N) is 2. The zero-order chi connectivity index (χ0) is 15.4. The lowest BCUT2D eigenvalue weighted by molar-refractivity contribution is 0.409. The van der Waals surface area contributed by atoms with Gasteiger partial charge in [-0.3, -0.25) is 0 Å². The molecule has 0 aliphatic rings. The number of ether oxygens (including phenoxy) is 1. The topological polar surface area (TPSA) is 39.1 Å². The lowest BCUT2D eigenvalue weighted by Gasteiger charge is -2.18. The fraction of sp³-hybridized carbons (Fsp3) is 0.438. The maximum absolute atomic E-state index is 14.2. The van der Waals surface area contributed by atoms with Gasteiger partial charge in [-0.05, 0) is 38.9 Å². The van der Waals surface area contributed by atoms with Gasteiger partial charge < -0.3 is 10.1 Å². The summed E-state index contributed by atoms with van der Waals surface area (Å²) in [5.41, 5.74) is 1.41. The zero-order valence-electron chi connectivity index (χ0n) is 13.0. The van der Waals surface area contributed by atoms with Crippen molar-refractivity contribution in [3.05, 3.63) is 41.3 Å². The van der Waals surface area contributed by atoms with Crippen LogP contribution >= 0.6 is 0 Å². The summed E-state index contributed by atoms with van der Waals surface area (Å²) in [6.45, 7) is 6.75. The van der Waals surface area contributed by atoms with Crippen molar-refractivity contribution < 1.29 is 9.13 Å². The highest BCUT2D eigenvalue weighted by atomic mass is 19.1. The number of hydrogen-bond donors (Lipinski definition) is 1. The van der Waals surface area contributed by atoms with E-state index in [-0.39, 0.29) is 11.9 Å². The Balaban J connectivity index is 2.31. The van der Waals surface area contributed by atoms with Gasteiger partial charge in [-0.15, -0.1) is 0 Å². The standard InChI is InChI=1S/C16H22FN3O/c1-5-9-18-12(3)16-13(17)7-6-8-14(16)21-15-10-11(2)19-20(15)4/h6-8,10,12,18H,5,9H2,1-4H3. The highest BCUT2D eigenvalue weighted by Gasteiger charge is 2.17. The minimum atomic E-state index is -0.262. The SMILES string of the molecule is CCCNC(C)c1c(F)cccc1Oc1cc(C)nn1C. The normalized spacial score (nSPS) is 12.4. The minimum absolute atomic E-state index is 0.115. The van der Waals surface area contributed by atoms with E-state index in [2.05, 4.69) is 17.3 Å². The molecule has 0 saturated heterocycles. The van der Waals surface area contributed by atoms with Gasteiger partial charge in [0.1, 0.15) is 11.6 Å². The molecular weight excluding hydrogens is 269 g/mol. The van der Waals surface area contributed by atoms with Crippen LogP contribution in [0, 0.1) is 12.7 Å². The number of benzene rings is 1. The highest BCUT2D eigenvalue weighted by Crippen LogP contribution is 2.31. The number of halogens is 1. The smallest absolute Gasteiger partial charge is 0.217 e. The third-order valence-corrected chi connectivity index (χ3v) is 3.32. The molecule has 1 aromatic carbocycles. The Morgan fingerprint density at radius 3 is 2.81 bits per heavy atom. The summed E-state index contributed by atoms with van der Waals surface area (Å²) in [4.78, 5) is 0. The molecule has 5 heteroatoms. The Bertz CT molecular complexity index is 610. The summed E-state index contributed by atoms with van der Waals surface area (Å²) < 4.78 is 21.7. The minimum Gasteiger partial charge on any atom is -0.439 e. The van der Waals surface area contributed by atoms with E-state index in [0.29, 0.717) is 17.2 Å². The summed E-state index contributed by atoms with van der Waals surface area (Å²) in [6.07, 6.45) is 0.996. The first-order valence-electron chi connectivity index (χ1n) is 7.23. The number of hydrogen-bond acceptors (Lipinski definition) is 3. The average molecular weight is 291 g/mol. The van der Waals surface area contributed by atoms with Crippen molar-refractivity contribution in [2.45, 2.75) is 33.2 Å². The molecule has 21 heavy (non-hydrogen) atoms. The predicted molar refractivity (Wildman–Crippen MR) is 81.1 cm³/mol. The number of nitrogens with one attached hydrogen (secondary N) is 1. The molecule has 1 aromatic heterocycles. The highest BCUT2D eigenvalue weighted by molar-refractivity contribution is 5.39. The van der Waals surface area contributed by atoms with E-state index in [1.807, 2.05) is 19.9 Å². The Kier molecular flexibility index (Phi) is 4.96. The molecule has 0 fully saturated rings. The van der Waals surface area contributed by atoms with Crippen LogP contribution < -0.4 is 10.1 Å². The Morgan fingerprint density at radius 1 is 1.43 bits per heavy atom. The summed E-state index contributed by atoms with van der Waals surface area (Å²) in [7, 11) is 1.81. The third-order valence-electron chi connectivity index (χ3n) is 3.32. The molecular formula is C16H22FN3O. The van der Waals surface area contributed by atoms with Crippen LogP contribution in [0.2, 0.25) is 0 Å². The van der Waals surface area contributed by atoms with Crippen LogP contribution in [-0.4, -0.2) is 16.3 Å². The fourth-order valence-electron chi connectivity index (χ4n) is 2.28. The quantitative estimate of drug-likeness (QED) is 0.881. The van der Waals surface area contributed by atoms with Gasteiger partial charge in [-0.1, -0.05) is 13.0 Å². The van der Waals surface area contributed by atoms with Gasteiger partial charge in [0.25, 0.3) is 0 Å². The van der Waals surface area contributed by atoms with Crippen LogP contribution in [0.4, 0.5) is 4.39 Å². The molecule has 0 aliphatic heterocycles. The summed E-state index contributed by atoms with van der Waals surface area (Å²) in [5.74, 6) is 0.860. The second-order valence-corrected chi connectivity index (χ2v) is 5.18.